The van der Waals surface area contributed by atoms with E-state index in [1.54, 1.807) is 0 Å². The Hall–Kier alpha value is -2.29. The molecule has 0 amide bonds. The van der Waals surface area contributed by atoms with Gasteiger partial charge < -0.3 is 9.64 Å². The molecule has 0 bridgehead atoms. The van der Waals surface area contributed by atoms with Crippen molar-refractivity contribution in [3.05, 3.63) is 66.2 Å². The number of hydrogen-bond acceptors (Lipinski definition) is 3. The summed E-state index contributed by atoms with van der Waals surface area (Å²) in [6, 6.07) is 20.7. The van der Waals surface area contributed by atoms with Crippen LogP contribution in [0.5, 0.6) is 0 Å². The molecule has 1 heterocycles. The van der Waals surface area contributed by atoms with Crippen molar-refractivity contribution in [2.45, 2.75) is 31.3 Å². The Morgan fingerprint density at radius 2 is 1.71 bits per heavy atom. The van der Waals surface area contributed by atoms with Crippen LogP contribution >= 0.6 is 0 Å². The third-order valence-corrected chi connectivity index (χ3v) is 5.10. The average molecular weight is 321 g/mol. The van der Waals surface area contributed by atoms with E-state index in [1.165, 1.54) is 11.3 Å². The van der Waals surface area contributed by atoms with Gasteiger partial charge in [0.25, 0.3) is 0 Å². The molecule has 2 fully saturated rings. The zero-order valence-corrected chi connectivity index (χ0v) is 13.8. The third kappa shape index (κ3) is 3.30. The molecule has 24 heavy (non-hydrogen) atoms. The van der Waals surface area contributed by atoms with Crippen molar-refractivity contribution in [3.8, 4) is 0 Å². The van der Waals surface area contributed by atoms with Crippen LogP contribution in [0.1, 0.15) is 30.7 Å². The predicted molar refractivity (Wildman–Crippen MR) is 95.1 cm³/mol. The number of nitrogens with zero attached hydrogens (tertiary/aromatic N) is 1. The smallest absolute Gasteiger partial charge is 0.309 e. The van der Waals surface area contributed by atoms with Gasteiger partial charge in [-0.1, -0.05) is 48.5 Å². The molecule has 3 nitrogen and oxygen atoms in total. The fourth-order valence-corrected chi connectivity index (χ4v) is 3.68. The van der Waals surface area contributed by atoms with E-state index >= 15 is 0 Å². The van der Waals surface area contributed by atoms with Crippen LogP contribution in [0, 0.1) is 5.92 Å². The fraction of sp³-hybridized carbons (Fsp3) is 0.381. The molecule has 124 valence electrons. The minimum absolute atomic E-state index is 0.0104. The van der Waals surface area contributed by atoms with Gasteiger partial charge in [0, 0.05) is 12.2 Å². The van der Waals surface area contributed by atoms with Crippen LogP contribution in [-0.4, -0.2) is 25.2 Å². The SMILES string of the molecule is O=C(OC1CCCN(c2ccccc2)C1)[C@@H]1C[C@@H]1c1ccccc1. The van der Waals surface area contributed by atoms with Crippen LogP contribution in [0.25, 0.3) is 0 Å². The number of piperidine rings is 1. The van der Waals surface area contributed by atoms with Gasteiger partial charge in [-0.3, -0.25) is 4.79 Å². The number of carbonyl (C=O) groups excluding carboxylic acids is 1. The molecule has 1 saturated carbocycles. The molecule has 2 aromatic carbocycles. The van der Waals surface area contributed by atoms with E-state index in [-0.39, 0.29) is 18.0 Å². The molecule has 4 rings (SSSR count). The number of benzene rings is 2. The topological polar surface area (TPSA) is 29.5 Å². The summed E-state index contributed by atoms with van der Waals surface area (Å²) in [5, 5.41) is 0. The minimum Gasteiger partial charge on any atom is -0.460 e. The number of carbonyl (C=O) groups is 1. The van der Waals surface area contributed by atoms with Crippen molar-refractivity contribution in [3.63, 3.8) is 0 Å². The Morgan fingerprint density at radius 1 is 1.00 bits per heavy atom. The maximum absolute atomic E-state index is 12.5. The highest BCUT2D eigenvalue weighted by Crippen LogP contribution is 2.48. The summed E-state index contributed by atoms with van der Waals surface area (Å²) in [6.07, 6.45) is 2.98. The molecule has 0 N–H and O–H groups in total. The van der Waals surface area contributed by atoms with Crippen LogP contribution in [0.3, 0.4) is 0 Å². The Kier molecular flexibility index (Phi) is 4.24. The van der Waals surface area contributed by atoms with Gasteiger partial charge in [-0.2, -0.15) is 0 Å². The van der Waals surface area contributed by atoms with Crippen molar-refractivity contribution in [2.24, 2.45) is 5.92 Å². The molecule has 3 atom stereocenters. The van der Waals surface area contributed by atoms with E-state index in [0.29, 0.717) is 5.92 Å². The second-order valence-corrected chi connectivity index (χ2v) is 6.84. The van der Waals surface area contributed by atoms with Crippen LogP contribution in [-0.2, 0) is 9.53 Å². The maximum Gasteiger partial charge on any atom is 0.309 e. The molecule has 1 unspecified atom stereocenters. The van der Waals surface area contributed by atoms with Crippen LogP contribution in [0.15, 0.2) is 60.7 Å². The zero-order chi connectivity index (χ0) is 16.4. The van der Waals surface area contributed by atoms with Crippen molar-refractivity contribution in [1.82, 2.24) is 0 Å². The molecule has 3 heteroatoms. The Morgan fingerprint density at radius 3 is 2.46 bits per heavy atom. The van der Waals surface area contributed by atoms with Crippen LogP contribution in [0.2, 0.25) is 0 Å². The first-order valence-electron chi connectivity index (χ1n) is 8.87. The molecular formula is C21H23NO2. The zero-order valence-electron chi connectivity index (χ0n) is 13.8. The van der Waals surface area contributed by atoms with Crippen molar-refractivity contribution in [2.75, 3.05) is 18.0 Å². The lowest BCUT2D eigenvalue weighted by molar-refractivity contribution is -0.151. The number of hydrogen-bond donors (Lipinski definition) is 0. The van der Waals surface area contributed by atoms with Gasteiger partial charge in [0.1, 0.15) is 6.10 Å². The van der Waals surface area contributed by atoms with E-state index in [1.807, 2.05) is 24.3 Å². The van der Waals surface area contributed by atoms with Gasteiger partial charge in [-0.05, 0) is 42.9 Å². The third-order valence-electron chi connectivity index (χ3n) is 5.10. The summed E-state index contributed by atoms with van der Waals surface area (Å²) in [5.74, 6) is 0.399. The standard InChI is InChI=1S/C21H23NO2/c23-21(20-14-19(20)16-8-3-1-4-9-16)24-18-12-7-13-22(15-18)17-10-5-2-6-11-17/h1-6,8-11,18-20H,7,12-15H2/t18?,19-,20-/m1/s1. The highest BCUT2D eigenvalue weighted by Gasteiger charge is 2.45. The largest absolute Gasteiger partial charge is 0.460 e. The molecule has 2 aromatic rings. The summed E-state index contributed by atoms with van der Waals surface area (Å²) in [6.45, 7) is 1.84. The molecule has 0 radical (unpaired) electrons. The number of rotatable bonds is 4. The van der Waals surface area contributed by atoms with Gasteiger partial charge in [0.15, 0.2) is 0 Å². The van der Waals surface area contributed by atoms with E-state index in [2.05, 4.69) is 41.3 Å². The Labute approximate surface area is 143 Å². The molecule has 2 aliphatic rings. The van der Waals surface area contributed by atoms with Gasteiger partial charge in [0.05, 0.1) is 12.5 Å². The van der Waals surface area contributed by atoms with E-state index < -0.39 is 0 Å². The predicted octanol–water partition coefficient (Wildman–Crippen LogP) is 4.00. The van der Waals surface area contributed by atoms with E-state index in [0.717, 1.165) is 32.4 Å². The monoisotopic (exact) mass is 321 g/mol. The lowest BCUT2D eigenvalue weighted by Crippen LogP contribution is -2.40. The van der Waals surface area contributed by atoms with Gasteiger partial charge in [-0.25, -0.2) is 0 Å². The van der Waals surface area contributed by atoms with Gasteiger partial charge in [-0.15, -0.1) is 0 Å². The summed E-state index contributed by atoms with van der Waals surface area (Å²) >= 11 is 0. The summed E-state index contributed by atoms with van der Waals surface area (Å²) in [7, 11) is 0. The fourth-order valence-electron chi connectivity index (χ4n) is 3.68. The summed E-state index contributed by atoms with van der Waals surface area (Å²) in [4.78, 5) is 14.8. The highest BCUT2D eigenvalue weighted by molar-refractivity contribution is 5.77. The molecular weight excluding hydrogens is 298 g/mol. The summed E-state index contributed by atoms with van der Waals surface area (Å²) < 4.78 is 5.84. The first-order chi connectivity index (χ1) is 11.8. The minimum atomic E-state index is -0.0104. The van der Waals surface area contributed by atoms with E-state index in [9.17, 15) is 4.79 Å². The first kappa shape index (κ1) is 15.3. The van der Waals surface area contributed by atoms with E-state index in [4.69, 9.17) is 4.74 Å². The number of para-hydroxylation sites is 1. The quantitative estimate of drug-likeness (QED) is 0.797. The average Bonchev–Trinajstić information content (AvgIpc) is 3.44. The van der Waals surface area contributed by atoms with Crippen molar-refractivity contribution >= 4 is 11.7 Å². The van der Waals surface area contributed by atoms with Crippen LogP contribution in [0.4, 0.5) is 5.69 Å². The molecule has 1 aliphatic heterocycles. The molecule has 0 aromatic heterocycles. The lowest BCUT2D eigenvalue weighted by Gasteiger charge is -2.34. The maximum atomic E-state index is 12.5. The number of ether oxygens (including phenoxy) is 1. The Balaban J connectivity index is 1.33. The van der Waals surface area contributed by atoms with Gasteiger partial charge in [0.2, 0.25) is 0 Å². The van der Waals surface area contributed by atoms with Crippen LogP contribution < -0.4 is 4.90 Å². The molecule has 1 aliphatic carbocycles. The molecule has 1 saturated heterocycles. The highest BCUT2D eigenvalue weighted by atomic mass is 16.5. The first-order valence-corrected chi connectivity index (χ1v) is 8.87. The second-order valence-electron chi connectivity index (χ2n) is 6.84. The number of anilines is 1. The molecule has 0 spiro atoms. The Bertz CT molecular complexity index is 685. The van der Waals surface area contributed by atoms with Crippen molar-refractivity contribution in [1.29, 1.82) is 0 Å². The lowest BCUT2D eigenvalue weighted by atomic mass is 10.1. The normalized spacial score (nSPS) is 26.0. The summed E-state index contributed by atoms with van der Waals surface area (Å²) in [5.41, 5.74) is 2.47. The van der Waals surface area contributed by atoms with Crippen molar-refractivity contribution < 1.29 is 9.53 Å². The van der Waals surface area contributed by atoms with Gasteiger partial charge >= 0.3 is 5.97 Å². The number of esters is 1. The second kappa shape index (κ2) is 6.68.